The van der Waals surface area contributed by atoms with E-state index >= 15 is 0 Å². The molecule has 0 spiro atoms. The molecule has 0 radical (unpaired) electrons. The van der Waals surface area contributed by atoms with Crippen LogP contribution >= 0.6 is 11.6 Å². The standard InChI is InChI=1S/C31H19ClN4/c32-31-34-29(22-18-17-20-9-4-5-10-21(20)19-22)33-30(35-31)25-14-8-16-27-28(25)24-13-6-7-15-26(24)36(27)23-11-2-1-3-12-23/h1-19H. The molecule has 0 aliphatic rings. The molecule has 5 aromatic carbocycles. The number of fused-ring (bicyclic) bond motifs is 4. The van der Waals surface area contributed by atoms with Gasteiger partial charge in [-0.2, -0.15) is 9.97 Å². The van der Waals surface area contributed by atoms with Crippen molar-refractivity contribution in [2.45, 2.75) is 0 Å². The van der Waals surface area contributed by atoms with Crippen molar-refractivity contribution in [1.29, 1.82) is 0 Å². The van der Waals surface area contributed by atoms with Crippen LogP contribution in [0, 0.1) is 0 Å². The fourth-order valence-corrected chi connectivity index (χ4v) is 5.15. The molecule has 0 saturated carbocycles. The number of benzene rings is 5. The van der Waals surface area contributed by atoms with E-state index in [1.54, 1.807) is 0 Å². The van der Waals surface area contributed by atoms with E-state index in [1.165, 1.54) is 5.39 Å². The van der Waals surface area contributed by atoms with Gasteiger partial charge in [-0.25, -0.2) is 4.98 Å². The Bertz CT molecular complexity index is 1910. The Balaban J connectivity index is 1.49. The molecule has 0 atom stereocenters. The molecule has 36 heavy (non-hydrogen) atoms. The molecule has 0 fully saturated rings. The first-order chi connectivity index (χ1) is 17.8. The summed E-state index contributed by atoms with van der Waals surface area (Å²) < 4.78 is 2.28. The number of aromatic nitrogens is 4. The lowest BCUT2D eigenvalue weighted by Gasteiger charge is -2.09. The first-order valence-electron chi connectivity index (χ1n) is 11.7. The number of halogens is 1. The zero-order chi connectivity index (χ0) is 24.1. The van der Waals surface area contributed by atoms with Crippen LogP contribution in [0.3, 0.4) is 0 Å². The Kier molecular flexibility index (Phi) is 4.79. The highest BCUT2D eigenvalue weighted by Gasteiger charge is 2.18. The molecule has 2 aromatic heterocycles. The fourth-order valence-electron chi connectivity index (χ4n) is 4.99. The Hall–Kier alpha value is -4.54. The molecule has 0 bridgehead atoms. The monoisotopic (exact) mass is 482 g/mol. The molecule has 0 saturated heterocycles. The maximum atomic E-state index is 6.47. The van der Waals surface area contributed by atoms with E-state index in [-0.39, 0.29) is 5.28 Å². The van der Waals surface area contributed by atoms with Gasteiger partial charge < -0.3 is 4.57 Å². The molecular formula is C31H19ClN4. The second kappa shape index (κ2) is 8.29. The van der Waals surface area contributed by atoms with Crippen LogP contribution in [0.2, 0.25) is 5.28 Å². The Morgan fingerprint density at radius 2 is 1.28 bits per heavy atom. The summed E-state index contributed by atoms with van der Waals surface area (Å²) >= 11 is 6.47. The summed E-state index contributed by atoms with van der Waals surface area (Å²) in [4.78, 5) is 13.9. The summed E-state index contributed by atoms with van der Waals surface area (Å²) in [5.74, 6) is 1.11. The molecule has 0 N–H and O–H groups in total. The second-order valence-electron chi connectivity index (χ2n) is 8.70. The van der Waals surface area contributed by atoms with E-state index in [1.807, 2.05) is 30.3 Å². The molecule has 4 nitrogen and oxygen atoms in total. The van der Waals surface area contributed by atoms with Crippen molar-refractivity contribution in [2.24, 2.45) is 0 Å². The van der Waals surface area contributed by atoms with Crippen molar-refractivity contribution in [3.63, 3.8) is 0 Å². The zero-order valence-corrected chi connectivity index (χ0v) is 19.9. The van der Waals surface area contributed by atoms with Gasteiger partial charge in [0.05, 0.1) is 11.0 Å². The van der Waals surface area contributed by atoms with Gasteiger partial charge >= 0.3 is 0 Å². The predicted molar refractivity (Wildman–Crippen MR) is 148 cm³/mol. The summed E-state index contributed by atoms with van der Waals surface area (Å²) in [6, 6.07) is 39.5. The number of hydrogen-bond acceptors (Lipinski definition) is 3. The van der Waals surface area contributed by atoms with Crippen molar-refractivity contribution >= 4 is 44.2 Å². The maximum absolute atomic E-state index is 6.47. The molecule has 170 valence electrons. The predicted octanol–water partition coefficient (Wildman–Crippen LogP) is 8.11. The van der Waals surface area contributed by atoms with Gasteiger partial charge in [-0.15, -0.1) is 0 Å². The zero-order valence-electron chi connectivity index (χ0n) is 19.1. The van der Waals surface area contributed by atoms with Crippen LogP contribution in [0.4, 0.5) is 0 Å². The van der Waals surface area contributed by atoms with Crippen molar-refractivity contribution in [3.8, 4) is 28.5 Å². The van der Waals surface area contributed by atoms with Crippen molar-refractivity contribution in [3.05, 3.63) is 121 Å². The van der Waals surface area contributed by atoms with E-state index in [0.717, 1.165) is 44.0 Å². The smallest absolute Gasteiger partial charge is 0.226 e. The molecule has 0 unspecified atom stereocenters. The molecule has 0 aliphatic heterocycles. The summed E-state index contributed by atoms with van der Waals surface area (Å²) in [5, 5.41) is 4.69. The van der Waals surface area contributed by atoms with Gasteiger partial charge in [0.25, 0.3) is 0 Å². The van der Waals surface area contributed by atoms with Crippen LogP contribution < -0.4 is 0 Å². The fraction of sp³-hybridized carbons (Fsp3) is 0. The molecule has 2 heterocycles. The minimum absolute atomic E-state index is 0.173. The summed E-state index contributed by atoms with van der Waals surface area (Å²) in [7, 11) is 0. The van der Waals surface area contributed by atoms with Crippen LogP contribution in [-0.4, -0.2) is 19.5 Å². The van der Waals surface area contributed by atoms with Crippen molar-refractivity contribution < 1.29 is 0 Å². The SMILES string of the molecule is Clc1nc(-c2ccc3ccccc3c2)nc(-c2cccc3c2c2ccccc2n3-c2ccccc2)n1. The van der Waals surface area contributed by atoms with Gasteiger partial charge in [0.15, 0.2) is 11.6 Å². The average molecular weight is 483 g/mol. The topological polar surface area (TPSA) is 43.6 Å². The summed E-state index contributed by atoms with van der Waals surface area (Å²) in [5.41, 5.74) is 5.14. The lowest BCUT2D eigenvalue weighted by Crippen LogP contribution is -1.98. The van der Waals surface area contributed by atoms with Crippen LogP contribution in [0.15, 0.2) is 115 Å². The quantitative estimate of drug-likeness (QED) is 0.255. The molecule has 5 heteroatoms. The third-order valence-corrected chi connectivity index (χ3v) is 6.74. The van der Waals surface area contributed by atoms with E-state index < -0.39 is 0 Å². The first-order valence-corrected chi connectivity index (χ1v) is 12.1. The summed E-state index contributed by atoms with van der Waals surface area (Å²) in [6.45, 7) is 0. The highest BCUT2D eigenvalue weighted by molar-refractivity contribution is 6.28. The molecular weight excluding hydrogens is 464 g/mol. The van der Waals surface area contributed by atoms with Crippen LogP contribution in [0.5, 0.6) is 0 Å². The highest BCUT2D eigenvalue weighted by atomic mass is 35.5. The molecule has 0 amide bonds. The highest BCUT2D eigenvalue weighted by Crippen LogP contribution is 2.38. The van der Waals surface area contributed by atoms with Gasteiger partial charge in [0, 0.05) is 27.6 Å². The molecule has 7 aromatic rings. The minimum atomic E-state index is 0.173. The van der Waals surface area contributed by atoms with E-state index in [0.29, 0.717) is 11.6 Å². The van der Waals surface area contributed by atoms with Gasteiger partial charge in [-0.05, 0) is 52.7 Å². The van der Waals surface area contributed by atoms with Crippen molar-refractivity contribution in [2.75, 3.05) is 0 Å². The Morgan fingerprint density at radius 3 is 2.17 bits per heavy atom. The van der Waals surface area contributed by atoms with Crippen LogP contribution in [0.25, 0.3) is 61.0 Å². The van der Waals surface area contributed by atoms with E-state index in [4.69, 9.17) is 16.6 Å². The Labute approximate surface area is 212 Å². The lowest BCUT2D eigenvalue weighted by atomic mass is 10.1. The average Bonchev–Trinajstić information content (AvgIpc) is 3.27. The van der Waals surface area contributed by atoms with E-state index in [2.05, 4.69) is 99.5 Å². The maximum Gasteiger partial charge on any atom is 0.226 e. The number of para-hydroxylation sites is 2. The third kappa shape index (κ3) is 3.35. The molecule has 7 rings (SSSR count). The van der Waals surface area contributed by atoms with Crippen LogP contribution in [-0.2, 0) is 0 Å². The first kappa shape index (κ1) is 20.8. The van der Waals surface area contributed by atoms with Gasteiger partial charge in [0.2, 0.25) is 5.28 Å². The summed E-state index contributed by atoms with van der Waals surface area (Å²) in [6.07, 6.45) is 0. The number of hydrogen-bond donors (Lipinski definition) is 0. The van der Waals surface area contributed by atoms with E-state index in [9.17, 15) is 0 Å². The lowest BCUT2D eigenvalue weighted by molar-refractivity contribution is 1.07. The largest absolute Gasteiger partial charge is 0.309 e. The van der Waals surface area contributed by atoms with Crippen LogP contribution in [0.1, 0.15) is 0 Å². The third-order valence-electron chi connectivity index (χ3n) is 6.57. The Morgan fingerprint density at radius 1 is 0.556 bits per heavy atom. The van der Waals surface area contributed by atoms with Gasteiger partial charge in [-0.1, -0.05) is 84.9 Å². The van der Waals surface area contributed by atoms with Gasteiger partial charge in [-0.3, -0.25) is 0 Å². The number of nitrogens with zero attached hydrogens (tertiary/aromatic N) is 4. The number of rotatable bonds is 3. The minimum Gasteiger partial charge on any atom is -0.309 e. The van der Waals surface area contributed by atoms with Crippen molar-refractivity contribution in [1.82, 2.24) is 19.5 Å². The van der Waals surface area contributed by atoms with Gasteiger partial charge in [0.1, 0.15) is 0 Å². The second-order valence-corrected chi connectivity index (χ2v) is 9.04. The normalized spacial score (nSPS) is 11.5. The molecule has 0 aliphatic carbocycles.